The summed E-state index contributed by atoms with van der Waals surface area (Å²) >= 11 is 0. The van der Waals surface area contributed by atoms with Crippen molar-refractivity contribution in [2.24, 2.45) is 0 Å². The molecule has 0 radical (unpaired) electrons. The van der Waals surface area contributed by atoms with Crippen LogP contribution in [0.15, 0.2) is 30.3 Å². The molecule has 20 heavy (non-hydrogen) atoms. The van der Waals surface area contributed by atoms with Gasteiger partial charge in [-0.05, 0) is 23.6 Å². The minimum atomic E-state index is -0.919. The van der Waals surface area contributed by atoms with Gasteiger partial charge in [0.1, 0.15) is 0 Å². The van der Waals surface area contributed by atoms with Crippen molar-refractivity contribution in [3.05, 3.63) is 41.5 Å². The molecule has 0 bridgehead atoms. The van der Waals surface area contributed by atoms with Crippen LogP contribution in [0.4, 0.5) is 0 Å². The van der Waals surface area contributed by atoms with E-state index in [4.69, 9.17) is 9.84 Å². The van der Waals surface area contributed by atoms with E-state index in [0.717, 1.165) is 43.9 Å². The van der Waals surface area contributed by atoms with E-state index in [-0.39, 0.29) is 0 Å². The zero-order valence-electron chi connectivity index (χ0n) is 11.8. The van der Waals surface area contributed by atoms with Crippen LogP contribution < -0.4 is 0 Å². The van der Waals surface area contributed by atoms with Crippen LogP contribution in [0.5, 0.6) is 0 Å². The Morgan fingerprint density at radius 2 is 2.30 bits per heavy atom. The van der Waals surface area contributed by atoms with Crippen molar-refractivity contribution in [1.29, 1.82) is 0 Å². The molecule has 2 rings (SSSR count). The van der Waals surface area contributed by atoms with E-state index in [1.165, 1.54) is 6.08 Å². The Bertz CT molecular complexity index is 484. The summed E-state index contributed by atoms with van der Waals surface area (Å²) in [5.74, 6) is -0.919. The van der Waals surface area contributed by atoms with Gasteiger partial charge in [0, 0.05) is 25.2 Å². The summed E-state index contributed by atoms with van der Waals surface area (Å²) in [5, 5.41) is 8.75. The number of nitrogens with zero attached hydrogens (tertiary/aromatic N) is 1. The van der Waals surface area contributed by atoms with Crippen LogP contribution in [0.25, 0.3) is 6.08 Å². The van der Waals surface area contributed by atoms with E-state index >= 15 is 0 Å². The number of carboxylic acid groups (broad SMARTS) is 1. The molecule has 0 amide bonds. The molecular weight excluding hydrogens is 254 g/mol. The molecule has 0 aliphatic carbocycles. The number of ether oxygens (including phenoxy) is 1. The van der Waals surface area contributed by atoms with Gasteiger partial charge in [-0.2, -0.15) is 0 Å². The summed E-state index contributed by atoms with van der Waals surface area (Å²) < 4.78 is 5.52. The van der Waals surface area contributed by atoms with Crippen molar-refractivity contribution in [2.75, 3.05) is 19.8 Å². The van der Waals surface area contributed by atoms with E-state index in [9.17, 15) is 4.79 Å². The highest BCUT2D eigenvalue weighted by Crippen LogP contribution is 2.18. The molecule has 1 fully saturated rings. The average Bonchev–Trinajstić information content (AvgIpc) is 2.47. The first-order valence-electron chi connectivity index (χ1n) is 7.01. The monoisotopic (exact) mass is 275 g/mol. The Balaban J connectivity index is 2.13. The lowest BCUT2D eigenvalue weighted by Gasteiger charge is -2.35. The summed E-state index contributed by atoms with van der Waals surface area (Å²) in [7, 11) is 0. The molecule has 4 nitrogen and oxygen atoms in total. The van der Waals surface area contributed by atoms with E-state index in [2.05, 4.69) is 17.9 Å². The van der Waals surface area contributed by atoms with Crippen molar-refractivity contribution in [3.8, 4) is 0 Å². The van der Waals surface area contributed by atoms with E-state index < -0.39 is 5.97 Å². The van der Waals surface area contributed by atoms with Gasteiger partial charge in [-0.3, -0.25) is 4.90 Å². The molecule has 108 valence electrons. The van der Waals surface area contributed by atoms with Crippen LogP contribution in [-0.2, 0) is 16.1 Å². The number of carbonyl (C=O) groups is 1. The van der Waals surface area contributed by atoms with Gasteiger partial charge < -0.3 is 9.84 Å². The van der Waals surface area contributed by atoms with Crippen LogP contribution in [0.3, 0.4) is 0 Å². The second kappa shape index (κ2) is 7.22. The van der Waals surface area contributed by atoms with Gasteiger partial charge in [-0.1, -0.05) is 31.2 Å². The van der Waals surface area contributed by atoms with E-state index in [1.54, 1.807) is 6.08 Å². The zero-order chi connectivity index (χ0) is 14.4. The Morgan fingerprint density at radius 3 is 3.05 bits per heavy atom. The normalized spacial score (nSPS) is 20.4. The van der Waals surface area contributed by atoms with Crippen molar-refractivity contribution in [2.45, 2.75) is 25.9 Å². The molecule has 1 aromatic carbocycles. The molecule has 0 saturated carbocycles. The summed E-state index contributed by atoms with van der Waals surface area (Å²) in [6.07, 6.45) is 3.92. The molecule has 1 saturated heterocycles. The van der Waals surface area contributed by atoms with Crippen LogP contribution in [0.1, 0.15) is 24.5 Å². The quantitative estimate of drug-likeness (QED) is 0.838. The molecule has 1 N–H and O–H groups in total. The molecule has 1 aliphatic rings. The van der Waals surface area contributed by atoms with Gasteiger partial charge in [0.15, 0.2) is 0 Å². The molecule has 1 atom stereocenters. The highest BCUT2D eigenvalue weighted by Gasteiger charge is 2.21. The third kappa shape index (κ3) is 3.92. The van der Waals surface area contributed by atoms with Crippen LogP contribution in [0.2, 0.25) is 0 Å². The second-order valence-electron chi connectivity index (χ2n) is 4.98. The van der Waals surface area contributed by atoms with Gasteiger partial charge in [0.25, 0.3) is 0 Å². The number of hydrogen-bond acceptors (Lipinski definition) is 3. The fraction of sp³-hybridized carbons (Fsp3) is 0.438. The highest BCUT2D eigenvalue weighted by molar-refractivity contribution is 5.85. The number of morpholine rings is 1. The highest BCUT2D eigenvalue weighted by atomic mass is 16.5. The molecule has 1 heterocycles. The number of hydrogen-bond donors (Lipinski definition) is 1. The van der Waals surface area contributed by atoms with E-state index in [0.29, 0.717) is 6.04 Å². The molecule has 4 heteroatoms. The summed E-state index contributed by atoms with van der Waals surface area (Å²) in [4.78, 5) is 13.1. The van der Waals surface area contributed by atoms with Crippen LogP contribution in [-0.4, -0.2) is 41.8 Å². The Hall–Kier alpha value is -1.65. The molecule has 0 spiro atoms. The molecule has 1 unspecified atom stereocenters. The van der Waals surface area contributed by atoms with Gasteiger partial charge in [0.05, 0.1) is 13.2 Å². The molecule has 1 aliphatic heterocycles. The van der Waals surface area contributed by atoms with Crippen molar-refractivity contribution < 1.29 is 14.6 Å². The lowest BCUT2D eigenvalue weighted by molar-refractivity contribution is -0.131. The van der Waals surface area contributed by atoms with Gasteiger partial charge in [-0.15, -0.1) is 0 Å². The molecule has 0 aromatic heterocycles. The van der Waals surface area contributed by atoms with Crippen molar-refractivity contribution in [1.82, 2.24) is 4.90 Å². The lowest BCUT2D eigenvalue weighted by Crippen LogP contribution is -2.44. The number of rotatable bonds is 5. The summed E-state index contributed by atoms with van der Waals surface area (Å²) in [5.41, 5.74) is 2.13. The molecule has 1 aromatic rings. The minimum absolute atomic E-state index is 0.445. The first-order chi connectivity index (χ1) is 9.70. The van der Waals surface area contributed by atoms with E-state index in [1.807, 2.05) is 18.2 Å². The first kappa shape index (κ1) is 14.8. The standard InChI is InChI=1S/C16H21NO3/c1-2-15-12-20-10-9-17(15)11-14-6-4-3-5-13(14)7-8-16(18)19/h3-8,15H,2,9-12H2,1H3,(H,18,19). The largest absolute Gasteiger partial charge is 0.478 e. The van der Waals surface area contributed by atoms with Crippen molar-refractivity contribution in [3.63, 3.8) is 0 Å². The number of carboxylic acids is 1. The molecular formula is C16H21NO3. The third-order valence-corrected chi connectivity index (χ3v) is 3.65. The Labute approximate surface area is 119 Å². The van der Waals surface area contributed by atoms with Gasteiger partial charge in [0.2, 0.25) is 0 Å². The van der Waals surface area contributed by atoms with Gasteiger partial charge in [-0.25, -0.2) is 4.79 Å². The maximum absolute atomic E-state index is 10.7. The fourth-order valence-corrected chi connectivity index (χ4v) is 2.49. The lowest BCUT2D eigenvalue weighted by atomic mass is 10.0. The smallest absolute Gasteiger partial charge is 0.328 e. The predicted molar refractivity (Wildman–Crippen MR) is 78.4 cm³/mol. The average molecular weight is 275 g/mol. The fourth-order valence-electron chi connectivity index (χ4n) is 2.49. The SMILES string of the molecule is CCC1COCCN1Cc1ccccc1C=CC(=O)O. The Kier molecular flexibility index (Phi) is 5.32. The van der Waals surface area contributed by atoms with Gasteiger partial charge >= 0.3 is 5.97 Å². The van der Waals surface area contributed by atoms with Crippen LogP contribution >= 0.6 is 0 Å². The second-order valence-corrected chi connectivity index (χ2v) is 4.98. The topological polar surface area (TPSA) is 49.8 Å². The maximum atomic E-state index is 10.7. The Morgan fingerprint density at radius 1 is 1.50 bits per heavy atom. The van der Waals surface area contributed by atoms with Crippen molar-refractivity contribution >= 4 is 12.0 Å². The van der Waals surface area contributed by atoms with Crippen LogP contribution in [0, 0.1) is 0 Å². The maximum Gasteiger partial charge on any atom is 0.328 e. The first-order valence-corrected chi connectivity index (χ1v) is 7.01. The minimum Gasteiger partial charge on any atom is -0.478 e. The zero-order valence-corrected chi connectivity index (χ0v) is 11.8. The summed E-state index contributed by atoms with van der Waals surface area (Å²) in [6.45, 7) is 5.48. The number of aliphatic carboxylic acids is 1. The summed E-state index contributed by atoms with van der Waals surface area (Å²) in [6, 6.07) is 8.39. The number of benzene rings is 1. The predicted octanol–water partition coefficient (Wildman–Crippen LogP) is 2.40. The third-order valence-electron chi connectivity index (χ3n) is 3.65.